The Kier molecular flexibility index (Phi) is 10.2. The minimum absolute atomic E-state index is 0.0376. The normalized spacial score (nSPS) is 16.9. The Balaban J connectivity index is 1.98. The molecule has 11 nitrogen and oxygen atoms in total. The van der Waals surface area contributed by atoms with Gasteiger partial charge in [0, 0.05) is 6.54 Å². The zero-order chi connectivity index (χ0) is 27.7. The van der Waals surface area contributed by atoms with Crippen molar-refractivity contribution in [2.45, 2.75) is 44.7 Å². The Hall–Kier alpha value is -3.53. The fourth-order valence-corrected chi connectivity index (χ4v) is 6.27. The highest BCUT2D eigenvalue weighted by Crippen LogP contribution is 2.57. The van der Waals surface area contributed by atoms with Crippen molar-refractivity contribution in [1.29, 1.82) is 0 Å². The molecule has 1 amide bonds. The topological polar surface area (TPSA) is 146 Å². The Bertz CT molecular complexity index is 1160. The van der Waals surface area contributed by atoms with Gasteiger partial charge in [-0.2, -0.15) is 0 Å². The first-order valence-electron chi connectivity index (χ1n) is 12.2. The number of amides is 1. The summed E-state index contributed by atoms with van der Waals surface area (Å²) in [5.74, 6) is -5.77. The van der Waals surface area contributed by atoms with E-state index in [1.807, 2.05) is 0 Å². The number of carbonyl (C=O) groups excluding carboxylic acids is 3. The standard InChI is InChI=1S/C26H30NO10P/c1-3-34-38(33,35-4-2)20-16-11-17-27(20)23(28)21(36-25(31)18-12-7-5-8-13-18)22(24(29)30)37-26(32)19-14-9-6-10-15-19/h5-10,12-15,20-22H,3-4,11,16-17H2,1-2H3,(H,29,30)/t20-,21+,22+/m0/s1. The highest BCUT2D eigenvalue weighted by molar-refractivity contribution is 7.54. The van der Waals surface area contributed by atoms with E-state index in [1.54, 1.807) is 50.2 Å². The van der Waals surface area contributed by atoms with Gasteiger partial charge in [-0.3, -0.25) is 9.36 Å². The van der Waals surface area contributed by atoms with Gasteiger partial charge in [-0.15, -0.1) is 0 Å². The van der Waals surface area contributed by atoms with Gasteiger partial charge >= 0.3 is 25.5 Å². The van der Waals surface area contributed by atoms with Crippen molar-refractivity contribution in [2.75, 3.05) is 19.8 Å². The quantitative estimate of drug-likeness (QED) is 0.308. The Morgan fingerprint density at radius 3 is 1.79 bits per heavy atom. The molecule has 3 atom stereocenters. The van der Waals surface area contributed by atoms with Gasteiger partial charge in [-0.05, 0) is 51.0 Å². The molecule has 0 spiro atoms. The van der Waals surface area contributed by atoms with Crippen LogP contribution in [0.25, 0.3) is 0 Å². The molecule has 3 rings (SSSR count). The molecule has 12 heteroatoms. The number of aliphatic carboxylic acids is 1. The molecule has 0 aromatic heterocycles. The minimum Gasteiger partial charge on any atom is -0.478 e. The second-order valence-corrected chi connectivity index (χ2v) is 10.4. The third-order valence-corrected chi connectivity index (χ3v) is 8.24. The lowest BCUT2D eigenvalue weighted by Gasteiger charge is -2.33. The summed E-state index contributed by atoms with van der Waals surface area (Å²) in [5.41, 5.74) is 0.0895. The third-order valence-electron chi connectivity index (χ3n) is 5.74. The van der Waals surface area contributed by atoms with Crippen LogP contribution in [0.2, 0.25) is 0 Å². The lowest BCUT2D eigenvalue weighted by molar-refractivity contribution is -0.163. The maximum Gasteiger partial charge on any atom is 0.352 e. The maximum atomic E-state index is 13.8. The summed E-state index contributed by atoms with van der Waals surface area (Å²) < 4.78 is 35.0. The molecule has 1 saturated heterocycles. The summed E-state index contributed by atoms with van der Waals surface area (Å²) in [6.07, 6.45) is -3.60. The van der Waals surface area contributed by atoms with Crippen molar-refractivity contribution in [2.24, 2.45) is 0 Å². The molecule has 0 bridgehead atoms. The van der Waals surface area contributed by atoms with Crippen LogP contribution in [0.4, 0.5) is 0 Å². The summed E-state index contributed by atoms with van der Waals surface area (Å²) >= 11 is 0. The highest BCUT2D eigenvalue weighted by atomic mass is 31.2. The number of carboxylic acid groups (broad SMARTS) is 1. The van der Waals surface area contributed by atoms with E-state index < -0.39 is 49.4 Å². The van der Waals surface area contributed by atoms with E-state index in [1.165, 1.54) is 24.3 Å². The van der Waals surface area contributed by atoms with Crippen LogP contribution >= 0.6 is 7.60 Å². The molecule has 1 aliphatic heterocycles. The average molecular weight is 547 g/mol. The second-order valence-electron chi connectivity index (χ2n) is 8.25. The number of nitrogens with zero attached hydrogens (tertiary/aromatic N) is 1. The number of hydrogen-bond donors (Lipinski definition) is 1. The number of ether oxygens (including phenoxy) is 2. The summed E-state index contributed by atoms with van der Waals surface area (Å²) in [7, 11) is -3.83. The molecule has 0 unspecified atom stereocenters. The monoisotopic (exact) mass is 547 g/mol. The summed E-state index contributed by atoms with van der Waals surface area (Å²) in [6.45, 7) is 3.43. The maximum absolute atomic E-state index is 13.8. The SMILES string of the molecule is CCOP(=O)(OCC)[C@H]1CCCN1C(=O)[C@H](OC(=O)c1ccccc1)[C@@H](OC(=O)c1ccccc1)C(=O)O. The Morgan fingerprint density at radius 2 is 1.34 bits per heavy atom. The molecule has 0 aliphatic carbocycles. The zero-order valence-corrected chi connectivity index (χ0v) is 22.0. The number of carboxylic acids is 1. The molecular weight excluding hydrogens is 517 g/mol. The molecule has 1 heterocycles. The van der Waals surface area contributed by atoms with Gasteiger partial charge in [0.05, 0.1) is 24.3 Å². The molecule has 1 fully saturated rings. The van der Waals surface area contributed by atoms with Gasteiger partial charge in [0.15, 0.2) is 0 Å². The van der Waals surface area contributed by atoms with Gasteiger partial charge in [0.1, 0.15) is 5.78 Å². The first kappa shape index (κ1) is 29.0. The molecule has 1 N–H and O–H groups in total. The predicted molar refractivity (Wildman–Crippen MR) is 135 cm³/mol. The van der Waals surface area contributed by atoms with Gasteiger partial charge in [-0.1, -0.05) is 36.4 Å². The number of rotatable bonds is 12. The van der Waals surface area contributed by atoms with Crippen LogP contribution in [-0.2, 0) is 32.7 Å². The third kappa shape index (κ3) is 6.86. The fourth-order valence-electron chi connectivity index (χ4n) is 4.07. The number of carbonyl (C=O) groups is 4. The van der Waals surface area contributed by atoms with Crippen molar-refractivity contribution >= 4 is 31.4 Å². The van der Waals surface area contributed by atoms with E-state index in [4.69, 9.17) is 18.5 Å². The molecular formula is C26H30NO10P. The number of hydrogen-bond acceptors (Lipinski definition) is 9. The largest absolute Gasteiger partial charge is 0.478 e. The Morgan fingerprint density at radius 1 is 0.868 bits per heavy atom. The van der Waals surface area contributed by atoms with Crippen LogP contribution in [0.3, 0.4) is 0 Å². The Labute approximate surface area is 220 Å². The summed E-state index contributed by atoms with van der Waals surface area (Å²) in [4.78, 5) is 52.8. The van der Waals surface area contributed by atoms with Crippen molar-refractivity contribution in [3.8, 4) is 0 Å². The van der Waals surface area contributed by atoms with Crippen molar-refractivity contribution in [3.05, 3.63) is 71.8 Å². The van der Waals surface area contributed by atoms with E-state index in [0.29, 0.717) is 6.42 Å². The van der Waals surface area contributed by atoms with Gasteiger partial charge in [0.25, 0.3) is 5.91 Å². The molecule has 2 aromatic rings. The van der Waals surface area contributed by atoms with Crippen molar-refractivity contribution in [1.82, 2.24) is 4.90 Å². The van der Waals surface area contributed by atoms with Crippen molar-refractivity contribution < 1.29 is 47.4 Å². The van der Waals surface area contributed by atoms with Crippen LogP contribution in [-0.4, -0.2) is 71.6 Å². The van der Waals surface area contributed by atoms with Gasteiger partial charge in [-0.25, -0.2) is 14.4 Å². The van der Waals surface area contributed by atoms with Crippen LogP contribution in [0.15, 0.2) is 60.7 Å². The van der Waals surface area contributed by atoms with E-state index >= 15 is 0 Å². The lowest BCUT2D eigenvalue weighted by Crippen LogP contribution is -2.52. The summed E-state index contributed by atoms with van der Waals surface area (Å²) in [5, 5.41) is 9.97. The van der Waals surface area contributed by atoms with E-state index in [0.717, 1.165) is 4.90 Å². The van der Waals surface area contributed by atoms with Gasteiger partial charge < -0.3 is 28.5 Å². The number of esters is 2. The molecule has 204 valence electrons. The molecule has 0 saturated carbocycles. The van der Waals surface area contributed by atoms with Crippen LogP contribution < -0.4 is 0 Å². The van der Waals surface area contributed by atoms with E-state index in [-0.39, 0.29) is 37.3 Å². The second kappa shape index (κ2) is 13.3. The van der Waals surface area contributed by atoms with Crippen LogP contribution in [0.1, 0.15) is 47.4 Å². The molecule has 2 aromatic carbocycles. The van der Waals surface area contributed by atoms with Crippen molar-refractivity contribution in [3.63, 3.8) is 0 Å². The first-order valence-corrected chi connectivity index (χ1v) is 13.8. The van der Waals surface area contributed by atoms with Gasteiger partial charge in [0.2, 0.25) is 12.2 Å². The van der Waals surface area contributed by atoms with E-state index in [9.17, 15) is 28.8 Å². The smallest absolute Gasteiger partial charge is 0.352 e. The predicted octanol–water partition coefficient (Wildman–Crippen LogP) is 3.74. The van der Waals surface area contributed by atoms with Crippen LogP contribution in [0.5, 0.6) is 0 Å². The summed E-state index contributed by atoms with van der Waals surface area (Å²) in [6, 6.07) is 15.2. The lowest BCUT2D eigenvalue weighted by atomic mass is 10.1. The molecule has 1 aliphatic rings. The first-order chi connectivity index (χ1) is 18.2. The van der Waals surface area contributed by atoms with Crippen LogP contribution in [0, 0.1) is 0 Å². The van der Waals surface area contributed by atoms with E-state index in [2.05, 4.69) is 0 Å². The fraction of sp³-hybridized carbons (Fsp3) is 0.385. The minimum atomic E-state index is -3.83. The number of benzene rings is 2. The molecule has 38 heavy (non-hydrogen) atoms. The number of likely N-dealkylation sites (tertiary alicyclic amines) is 1. The zero-order valence-electron chi connectivity index (χ0n) is 21.1. The molecule has 0 radical (unpaired) electrons. The average Bonchev–Trinajstić information content (AvgIpc) is 3.42. The highest BCUT2D eigenvalue weighted by Gasteiger charge is 2.50.